The fourth-order valence-corrected chi connectivity index (χ4v) is 4.68. The smallest absolute Gasteiger partial charge is 0.286 e. The van der Waals surface area contributed by atoms with Crippen LogP contribution in [0.25, 0.3) is 10.2 Å². The number of fused-ring (bicyclic) bond motifs is 1. The summed E-state index contributed by atoms with van der Waals surface area (Å²) in [6.07, 6.45) is 2.32. The number of methoxy groups -OCH3 is 2. The van der Waals surface area contributed by atoms with E-state index in [1.54, 1.807) is 17.4 Å². The molecule has 4 rings (SSSR count). The third-order valence-corrected chi connectivity index (χ3v) is 6.36. The molecular formula is C22H24N4O6S. The Kier molecular flexibility index (Phi) is 6.90. The molecule has 0 atom stereocenters. The van der Waals surface area contributed by atoms with Crippen molar-refractivity contribution in [3.63, 3.8) is 0 Å². The first-order chi connectivity index (χ1) is 16.0. The van der Waals surface area contributed by atoms with Crippen molar-refractivity contribution in [3.8, 4) is 11.5 Å². The molecule has 0 radical (unpaired) electrons. The van der Waals surface area contributed by atoms with Gasteiger partial charge in [-0.2, -0.15) is 0 Å². The summed E-state index contributed by atoms with van der Waals surface area (Å²) in [6, 6.07) is 7.90. The molecule has 1 saturated heterocycles. The van der Waals surface area contributed by atoms with Crippen LogP contribution in [-0.2, 0) is 4.74 Å². The van der Waals surface area contributed by atoms with Crippen LogP contribution in [0.2, 0.25) is 0 Å². The number of nitrogens with one attached hydrogen (secondary N) is 1. The summed E-state index contributed by atoms with van der Waals surface area (Å²) >= 11 is 1.57. The van der Waals surface area contributed by atoms with Gasteiger partial charge < -0.3 is 24.4 Å². The van der Waals surface area contributed by atoms with Crippen LogP contribution in [0.3, 0.4) is 0 Å². The predicted octanol–water partition coefficient (Wildman–Crippen LogP) is 4.09. The van der Waals surface area contributed by atoms with Crippen molar-refractivity contribution in [2.45, 2.75) is 12.8 Å². The number of amides is 1. The summed E-state index contributed by atoms with van der Waals surface area (Å²) in [4.78, 5) is 31.0. The molecule has 1 fully saturated rings. The van der Waals surface area contributed by atoms with Gasteiger partial charge in [-0.25, -0.2) is 4.98 Å². The van der Waals surface area contributed by atoms with Gasteiger partial charge in [-0.15, -0.1) is 0 Å². The molecule has 2 heterocycles. The number of rotatable bonds is 9. The molecular weight excluding hydrogens is 448 g/mol. The zero-order valence-electron chi connectivity index (χ0n) is 18.3. The molecule has 1 aliphatic heterocycles. The molecule has 1 aromatic heterocycles. The molecule has 1 aliphatic rings. The van der Waals surface area contributed by atoms with E-state index in [2.05, 4.69) is 15.2 Å². The summed E-state index contributed by atoms with van der Waals surface area (Å²) in [5.74, 6) is -0.236. The van der Waals surface area contributed by atoms with Gasteiger partial charge in [-0.05, 0) is 31.0 Å². The monoisotopic (exact) mass is 472 g/mol. The lowest BCUT2D eigenvalue weighted by molar-refractivity contribution is -0.385. The summed E-state index contributed by atoms with van der Waals surface area (Å²) in [5.41, 5.74) is 0.872. The van der Waals surface area contributed by atoms with E-state index >= 15 is 0 Å². The molecule has 174 valence electrons. The average Bonchev–Trinajstić information content (AvgIpc) is 3.48. The lowest BCUT2D eigenvalue weighted by Gasteiger charge is -2.13. The van der Waals surface area contributed by atoms with Crippen molar-refractivity contribution < 1.29 is 23.9 Å². The van der Waals surface area contributed by atoms with Crippen LogP contribution in [0, 0.1) is 10.1 Å². The first-order valence-electron chi connectivity index (χ1n) is 10.4. The Bertz CT molecular complexity index is 1180. The highest BCUT2D eigenvalue weighted by molar-refractivity contribution is 7.22. The summed E-state index contributed by atoms with van der Waals surface area (Å²) in [5, 5.41) is 15.4. The Morgan fingerprint density at radius 2 is 1.97 bits per heavy atom. The number of hydrogen-bond acceptors (Lipinski definition) is 9. The van der Waals surface area contributed by atoms with Crippen molar-refractivity contribution >= 4 is 44.0 Å². The number of hydrogen-bond donors (Lipinski definition) is 1. The fraction of sp³-hybridized carbons (Fsp3) is 0.364. The summed E-state index contributed by atoms with van der Waals surface area (Å²) < 4.78 is 16.7. The van der Waals surface area contributed by atoms with E-state index in [-0.39, 0.29) is 29.4 Å². The quantitative estimate of drug-likeness (QED) is 0.281. The maximum Gasteiger partial charge on any atom is 0.286 e. The summed E-state index contributed by atoms with van der Waals surface area (Å²) in [6.45, 7) is 2.49. The molecule has 11 heteroatoms. The van der Waals surface area contributed by atoms with Crippen LogP contribution < -0.4 is 19.7 Å². The lowest BCUT2D eigenvalue weighted by Crippen LogP contribution is -2.16. The second-order valence-corrected chi connectivity index (χ2v) is 8.45. The maximum atomic E-state index is 13.0. The van der Waals surface area contributed by atoms with Crippen molar-refractivity contribution in [1.29, 1.82) is 0 Å². The van der Waals surface area contributed by atoms with Crippen LogP contribution in [0.15, 0.2) is 30.3 Å². The van der Waals surface area contributed by atoms with Crippen LogP contribution in [0.1, 0.15) is 23.2 Å². The molecule has 33 heavy (non-hydrogen) atoms. The molecule has 0 bridgehead atoms. The van der Waals surface area contributed by atoms with Crippen LogP contribution >= 0.6 is 11.3 Å². The first-order valence-corrected chi connectivity index (χ1v) is 11.3. The average molecular weight is 473 g/mol. The van der Waals surface area contributed by atoms with E-state index < -0.39 is 10.8 Å². The highest BCUT2D eigenvalue weighted by Gasteiger charge is 2.25. The van der Waals surface area contributed by atoms with E-state index in [4.69, 9.17) is 14.2 Å². The Hall–Kier alpha value is -3.44. The van der Waals surface area contributed by atoms with Crippen molar-refractivity contribution in [3.05, 3.63) is 46.0 Å². The largest absolute Gasteiger partial charge is 0.493 e. The number of carbonyl (C=O) groups is 1. The number of ether oxygens (including phenoxy) is 3. The Morgan fingerprint density at radius 1 is 1.18 bits per heavy atom. The molecule has 1 N–H and O–H groups in total. The van der Waals surface area contributed by atoms with Crippen LogP contribution in [0.5, 0.6) is 11.5 Å². The fourth-order valence-electron chi connectivity index (χ4n) is 3.62. The molecule has 0 saturated carbocycles. The third kappa shape index (κ3) is 4.99. The number of nitrogens with zero attached hydrogens (tertiary/aromatic N) is 3. The van der Waals surface area contributed by atoms with Crippen molar-refractivity contribution in [2.75, 3.05) is 50.7 Å². The third-order valence-electron chi connectivity index (χ3n) is 5.28. The van der Waals surface area contributed by atoms with Crippen molar-refractivity contribution in [2.24, 2.45) is 0 Å². The van der Waals surface area contributed by atoms with E-state index in [0.717, 1.165) is 41.3 Å². The molecule has 3 aromatic rings. The minimum absolute atomic E-state index is 0.127. The second-order valence-electron chi connectivity index (χ2n) is 7.45. The second kappa shape index (κ2) is 10.0. The maximum absolute atomic E-state index is 13.0. The van der Waals surface area contributed by atoms with Gasteiger partial charge in [0.25, 0.3) is 11.6 Å². The molecule has 0 aliphatic carbocycles. The molecule has 0 unspecified atom stereocenters. The Labute approximate surface area is 194 Å². The van der Waals surface area contributed by atoms with Gasteiger partial charge in [0.2, 0.25) is 0 Å². The Balaban J connectivity index is 1.59. The topological polar surface area (TPSA) is 116 Å². The van der Waals surface area contributed by atoms with Gasteiger partial charge >= 0.3 is 0 Å². The van der Waals surface area contributed by atoms with Crippen molar-refractivity contribution in [1.82, 2.24) is 4.98 Å². The Morgan fingerprint density at radius 3 is 2.67 bits per heavy atom. The zero-order chi connectivity index (χ0) is 23.4. The molecule has 2 aromatic carbocycles. The number of nitro groups is 1. The highest BCUT2D eigenvalue weighted by Crippen LogP contribution is 2.36. The van der Waals surface area contributed by atoms with Gasteiger partial charge in [0.15, 0.2) is 16.6 Å². The van der Waals surface area contributed by atoms with Crippen LogP contribution in [-0.4, -0.2) is 56.3 Å². The number of thiazole rings is 1. The van der Waals surface area contributed by atoms with Gasteiger partial charge in [0.1, 0.15) is 12.2 Å². The molecule has 0 spiro atoms. The predicted molar refractivity (Wildman–Crippen MR) is 126 cm³/mol. The lowest BCUT2D eigenvalue weighted by atomic mass is 10.1. The van der Waals surface area contributed by atoms with E-state index in [9.17, 15) is 14.9 Å². The number of carbonyl (C=O) groups excluding carboxylic acids is 1. The number of aromatic nitrogens is 1. The normalized spacial score (nSPS) is 13.3. The standard InChI is InChI=1S/C22H24N4O6S/c1-30-9-10-32-19-13-17(26(28)29)15(12-18(19)31-2)21(27)23-14-5-6-16-20(11-14)33-22(24-16)25-7-3-4-8-25/h5-6,11-13H,3-4,7-10H2,1-2H3,(H,23,27). The van der Waals surface area contributed by atoms with Gasteiger partial charge in [-0.1, -0.05) is 11.3 Å². The van der Waals surface area contributed by atoms with Gasteiger partial charge in [0, 0.05) is 32.0 Å². The van der Waals surface area contributed by atoms with E-state index in [1.165, 1.54) is 26.4 Å². The first kappa shape index (κ1) is 22.7. The number of nitro benzene ring substituents is 1. The van der Waals surface area contributed by atoms with E-state index in [1.807, 2.05) is 12.1 Å². The van der Waals surface area contributed by atoms with E-state index in [0.29, 0.717) is 12.3 Å². The molecule has 10 nitrogen and oxygen atoms in total. The zero-order valence-corrected chi connectivity index (χ0v) is 19.1. The number of benzene rings is 2. The highest BCUT2D eigenvalue weighted by atomic mass is 32.1. The van der Waals surface area contributed by atoms with Gasteiger partial charge in [-0.3, -0.25) is 14.9 Å². The van der Waals surface area contributed by atoms with Crippen LogP contribution in [0.4, 0.5) is 16.5 Å². The number of anilines is 2. The minimum atomic E-state index is -0.619. The summed E-state index contributed by atoms with van der Waals surface area (Å²) in [7, 11) is 2.93. The SMILES string of the molecule is COCCOc1cc([N+](=O)[O-])c(C(=O)Nc2ccc3nc(N4CCCC4)sc3c2)cc1OC. The molecule has 1 amide bonds. The van der Waals surface area contributed by atoms with Gasteiger partial charge in [0.05, 0.1) is 34.9 Å². The minimum Gasteiger partial charge on any atom is -0.493 e.